The topological polar surface area (TPSA) is 83.5 Å². The van der Waals surface area contributed by atoms with Crippen LogP contribution in [0.2, 0.25) is 0 Å². The van der Waals surface area contributed by atoms with Crippen molar-refractivity contribution in [2.24, 2.45) is 5.73 Å². The summed E-state index contributed by atoms with van der Waals surface area (Å²) in [5.74, 6) is 0.529. The van der Waals surface area contributed by atoms with Crippen molar-refractivity contribution >= 4 is 17.7 Å². The van der Waals surface area contributed by atoms with Crippen molar-refractivity contribution in [3.8, 4) is 0 Å². The van der Waals surface area contributed by atoms with E-state index in [2.05, 4.69) is 0 Å². The summed E-state index contributed by atoms with van der Waals surface area (Å²) >= 11 is 1.68. The molecule has 5 heteroatoms. The standard InChI is InChI=1S/C7H15NO3S/c1-2-12-4-3-5(8)6(9)7(10)11/h5-6,9H,2-4,8H2,1H3,(H,10,11)/t5-,6?/m1/s1. The molecule has 0 fully saturated rings. The molecule has 2 atom stereocenters. The average molecular weight is 193 g/mol. The Morgan fingerprint density at radius 2 is 2.25 bits per heavy atom. The van der Waals surface area contributed by atoms with Crippen LogP contribution in [0.15, 0.2) is 0 Å². The second-order valence-electron chi connectivity index (χ2n) is 2.43. The summed E-state index contributed by atoms with van der Waals surface area (Å²) in [6, 6.07) is -0.651. The highest BCUT2D eigenvalue weighted by molar-refractivity contribution is 7.99. The number of carboxylic acids is 1. The largest absolute Gasteiger partial charge is 0.479 e. The maximum absolute atomic E-state index is 10.2. The van der Waals surface area contributed by atoms with E-state index in [1.165, 1.54) is 0 Å². The van der Waals surface area contributed by atoms with Crippen molar-refractivity contribution in [2.45, 2.75) is 25.5 Å². The molecule has 4 N–H and O–H groups in total. The lowest BCUT2D eigenvalue weighted by Gasteiger charge is -2.13. The van der Waals surface area contributed by atoms with Gasteiger partial charge in [0.1, 0.15) is 0 Å². The first-order valence-electron chi connectivity index (χ1n) is 3.83. The number of hydrogen-bond donors (Lipinski definition) is 3. The van der Waals surface area contributed by atoms with E-state index in [0.717, 1.165) is 11.5 Å². The van der Waals surface area contributed by atoms with Gasteiger partial charge in [-0.3, -0.25) is 0 Å². The van der Waals surface area contributed by atoms with Gasteiger partial charge in [0.2, 0.25) is 0 Å². The fourth-order valence-corrected chi connectivity index (χ4v) is 1.43. The molecule has 0 radical (unpaired) electrons. The van der Waals surface area contributed by atoms with Crippen LogP contribution in [0.1, 0.15) is 13.3 Å². The molecule has 0 aliphatic carbocycles. The Labute approximate surface area is 76.1 Å². The molecule has 4 nitrogen and oxygen atoms in total. The number of aliphatic hydroxyl groups is 1. The Balaban J connectivity index is 3.56. The van der Waals surface area contributed by atoms with Crippen molar-refractivity contribution in [2.75, 3.05) is 11.5 Å². The number of carbonyl (C=O) groups is 1. The second-order valence-corrected chi connectivity index (χ2v) is 3.83. The van der Waals surface area contributed by atoms with Gasteiger partial charge in [-0.1, -0.05) is 6.92 Å². The Morgan fingerprint density at radius 3 is 2.67 bits per heavy atom. The molecule has 0 saturated carbocycles. The van der Waals surface area contributed by atoms with Crippen LogP contribution in [0.4, 0.5) is 0 Å². The van der Waals surface area contributed by atoms with Crippen LogP contribution >= 0.6 is 11.8 Å². The second kappa shape index (κ2) is 6.28. The van der Waals surface area contributed by atoms with Crippen LogP contribution in [0.25, 0.3) is 0 Å². The molecule has 0 rings (SSSR count). The predicted molar refractivity (Wildman–Crippen MR) is 49.2 cm³/mol. The number of aliphatic carboxylic acids is 1. The van der Waals surface area contributed by atoms with E-state index in [9.17, 15) is 4.79 Å². The Kier molecular flexibility index (Phi) is 6.14. The number of rotatable bonds is 6. The summed E-state index contributed by atoms with van der Waals surface area (Å²) in [5, 5.41) is 17.3. The summed E-state index contributed by atoms with van der Waals surface area (Å²) < 4.78 is 0. The van der Waals surface area contributed by atoms with Gasteiger partial charge in [0, 0.05) is 6.04 Å². The molecule has 1 unspecified atom stereocenters. The van der Waals surface area contributed by atoms with Gasteiger partial charge in [-0.15, -0.1) is 0 Å². The third kappa shape index (κ3) is 4.58. The van der Waals surface area contributed by atoms with Crippen LogP contribution in [0.3, 0.4) is 0 Å². The maximum Gasteiger partial charge on any atom is 0.334 e. The highest BCUT2D eigenvalue weighted by Gasteiger charge is 2.21. The highest BCUT2D eigenvalue weighted by Crippen LogP contribution is 2.05. The lowest BCUT2D eigenvalue weighted by Crippen LogP contribution is -2.40. The Morgan fingerprint density at radius 1 is 1.67 bits per heavy atom. The molecule has 0 aromatic carbocycles. The zero-order valence-corrected chi connectivity index (χ0v) is 7.88. The van der Waals surface area contributed by atoms with E-state index < -0.39 is 18.1 Å². The van der Waals surface area contributed by atoms with Crippen LogP contribution in [0.5, 0.6) is 0 Å². The predicted octanol–water partition coefficient (Wildman–Crippen LogP) is -0.0976. The lowest BCUT2D eigenvalue weighted by atomic mass is 10.1. The molecule has 0 aliphatic heterocycles. The Hall–Kier alpha value is -0.260. The van der Waals surface area contributed by atoms with Gasteiger partial charge in [-0.25, -0.2) is 4.79 Å². The molecule has 12 heavy (non-hydrogen) atoms. The minimum atomic E-state index is -1.43. The van der Waals surface area contributed by atoms with E-state index in [1.54, 1.807) is 11.8 Å². The molecule has 0 bridgehead atoms. The molecular formula is C7H15NO3S. The quantitative estimate of drug-likeness (QED) is 0.513. The molecule has 0 aliphatic rings. The summed E-state index contributed by atoms with van der Waals surface area (Å²) in [7, 11) is 0. The van der Waals surface area contributed by atoms with E-state index in [1.807, 2.05) is 6.92 Å². The molecule has 0 amide bonds. The summed E-state index contributed by atoms with van der Waals surface area (Å²) in [5.41, 5.74) is 5.41. The van der Waals surface area contributed by atoms with Gasteiger partial charge < -0.3 is 15.9 Å². The SMILES string of the molecule is CCSCC[C@@H](N)C(O)C(=O)O. The minimum Gasteiger partial charge on any atom is -0.479 e. The molecular weight excluding hydrogens is 178 g/mol. The number of thioether (sulfide) groups is 1. The van der Waals surface area contributed by atoms with Gasteiger partial charge in [0.05, 0.1) is 0 Å². The first-order chi connectivity index (χ1) is 5.59. The van der Waals surface area contributed by atoms with Crippen molar-refractivity contribution < 1.29 is 15.0 Å². The first-order valence-corrected chi connectivity index (χ1v) is 4.99. The smallest absolute Gasteiger partial charge is 0.334 e. The zero-order valence-electron chi connectivity index (χ0n) is 7.06. The Bertz CT molecular complexity index is 143. The fraction of sp³-hybridized carbons (Fsp3) is 0.857. The number of aliphatic hydroxyl groups excluding tert-OH is 1. The van der Waals surface area contributed by atoms with E-state index >= 15 is 0 Å². The van der Waals surface area contributed by atoms with Gasteiger partial charge in [0.15, 0.2) is 6.10 Å². The number of nitrogens with two attached hydrogens (primary N) is 1. The van der Waals surface area contributed by atoms with E-state index in [0.29, 0.717) is 6.42 Å². The normalized spacial score (nSPS) is 15.6. The van der Waals surface area contributed by atoms with Gasteiger partial charge in [-0.05, 0) is 17.9 Å². The fourth-order valence-electron chi connectivity index (χ4n) is 0.705. The monoisotopic (exact) mass is 193 g/mol. The van der Waals surface area contributed by atoms with Crippen molar-refractivity contribution in [3.05, 3.63) is 0 Å². The van der Waals surface area contributed by atoms with Crippen molar-refractivity contribution in [3.63, 3.8) is 0 Å². The van der Waals surface area contributed by atoms with Crippen LogP contribution < -0.4 is 5.73 Å². The maximum atomic E-state index is 10.2. The summed E-state index contributed by atoms with van der Waals surface area (Å²) in [6.45, 7) is 2.02. The minimum absolute atomic E-state index is 0.534. The third-order valence-corrected chi connectivity index (χ3v) is 2.39. The molecule has 0 aromatic rings. The van der Waals surface area contributed by atoms with E-state index in [-0.39, 0.29) is 0 Å². The van der Waals surface area contributed by atoms with Crippen molar-refractivity contribution in [1.29, 1.82) is 0 Å². The first kappa shape index (κ1) is 11.7. The molecule has 0 aromatic heterocycles. The zero-order chi connectivity index (χ0) is 9.56. The molecule has 0 heterocycles. The highest BCUT2D eigenvalue weighted by atomic mass is 32.2. The van der Waals surface area contributed by atoms with Gasteiger partial charge >= 0.3 is 5.97 Å². The molecule has 72 valence electrons. The summed E-state index contributed by atoms with van der Waals surface area (Å²) in [4.78, 5) is 10.2. The number of carboxylic acid groups (broad SMARTS) is 1. The van der Waals surface area contributed by atoms with E-state index in [4.69, 9.17) is 15.9 Å². The lowest BCUT2D eigenvalue weighted by molar-refractivity contribution is -0.147. The average Bonchev–Trinajstić information content (AvgIpc) is 2.03. The van der Waals surface area contributed by atoms with Crippen LogP contribution in [-0.2, 0) is 4.79 Å². The number of hydrogen-bond acceptors (Lipinski definition) is 4. The van der Waals surface area contributed by atoms with Crippen LogP contribution in [-0.4, -0.2) is 39.8 Å². The van der Waals surface area contributed by atoms with Crippen LogP contribution in [0, 0.1) is 0 Å². The molecule has 0 saturated heterocycles. The van der Waals surface area contributed by atoms with Gasteiger partial charge in [0.25, 0.3) is 0 Å². The molecule has 0 spiro atoms. The summed E-state index contributed by atoms with van der Waals surface area (Å²) in [6.07, 6.45) is -0.895. The van der Waals surface area contributed by atoms with Gasteiger partial charge in [-0.2, -0.15) is 11.8 Å². The van der Waals surface area contributed by atoms with Crippen molar-refractivity contribution in [1.82, 2.24) is 0 Å². The third-order valence-electron chi connectivity index (χ3n) is 1.46.